The van der Waals surface area contributed by atoms with E-state index in [4.69, 9.17) is 4.42 Å². The van der Waals surface area contributed by atoms with Gasteiger partial charge in [-0.25, -0.2) is 4.98 Å². The van der Waals surface area contributed by atoms with Crippen LogP contribution in [-0.4, -0.2) is 19.4 Å². The van der Waals surface area contributed by atoms with Gasteiger partial charge in [0, 0.05) is 37.4 Å². The van der Waals surface area contributed by atoms with Gasteiger partial charge >= 0.3 is 0 Å². The van der Waals surface area contributed by atoms with E-state index in [0.29, 0.717) is 0 Å². The van der Waals surface area contributed by atoms with Gasteiger partial charge in [0.05, 0.1) is 12.2 Å². The molecule has 0 aromatic carbocycles. The molecule has 0 saturated heterocycles. The van der Waals surface area contributed by atoms with Gasteiger partial charge < -0.3 is 8.98 Å². The zero-order valence-electron chi connectivity index (χ0n) is 15.3. The molecule has 0 atom stereocenters. The van der Waals surface area contributed by atoms with Gasteiger partial charge in [0.2, 0.25) is 0 Å². The van der Waals surface area contributed by atoms with Crippen LogP contribution in [0.4, 0.5) is 0 Å². The highest BCUT2D eigenvalue weighted by Crippen LogP contribution is 2.17. The van der Waals surface area contributed by atoms with E-state index in [0.717, 1.165) is 42.7 Å². The van der Waals surface area contributed by atoms with Gasteiger partial charge in [-0.3, -0.25) is 9.88 Å². The average Bonchev–Trinajstić information content (AvgIpc) is 3.32. The lowest BCUT2D eigenvalue weighted by Crippen LogP contribution is -2.24. The van der Waals surface area contributed by atoms with E-state index in [9.17, 15) is 0 Å². The van der Waals surface area contributed by atoms with Gasteiger partial charge in [0.1, 0.15) is 17.3 Å². The summed E-state index contributed by atoms with van der Waals surface area (Å²) in [5.41, 5.74) is 2.21. The molecule has 0 saturated carbocycles. The Bertz CT molecular complexity index is 976. The molecular formula is C22H22N4O. The molecule has 0 spiro atoms. The number of nitrogens with zero attached hydrogens (tertiary/aromatic N) is 4. The van der Waals surface area contributed by atoms with Gasteiger partial charge in [-0.05, 0) is 55.5 Å². The number of aryl methyl sites for hydroxylation is 1. The van der Waals surface area contributed by atoms with E-state index >= 15 is 0 Å². The van der Waals surface area contributed by atoms with Crippen LogP contribution in [0.5, 0.6) is 0 Å². The molecule has 0 radical (unpaired) electrons. The number of furan rings is 1. The summed E-state index contributed by atoms with van der Waals surface area (Å²) in [6.07, 6.45) is 5.70. The van der Waals surface area contributed by atoms with Crippen LogP contribution in [0.2, 0.25) is 0 Å². The molecule has 4 aromatic heterocycles. The SMILES string of the molecule is Cc1ccc(CN(Cc2ccccn2)Cc2cccn2-c2ccccn2)o1. The van der Waals surface area contributed by atoms with Crippen molar-refractivity contribution in [2.45, 2.75) is 26.6 Å². The van der Waals surface area contributed by atoms with E-state index in [1.54, 1.807) is 0 Å². The van der Waals surface area contributed by atoms with Crippen molar-refractivity contribution in [1.29, 1.82) is 0 Å². The van der Waals surface area contributed by atoms with Crippen molar-refractivity contribution in [3.63, 3.8) is 0 Å². The van der Waals surface area contributed by atoms with Crippen molar-refractivity contribution in [2.24, 2.45) is 0 Å². The molecule has 0 N–H and O–H groups in total. The van der Waals surface area contributed by atoms with Crippen LogP contribution in [0.1, 0.15) is 22.9 Å². The Balaban J connectivity index is 1.58. The molecule has 0 fully saturated rings. The lowest BCUT2D eigenvalue weighted by molar-refractivity contribution is 0.219. The van der Waals surface area contributed by atoms with Crippen molar-refractivity contribution in [2.75, 3.05) is 0 Å². The fourth-order valence-electron chi connectivity index (χ4n) is 3.17. The third kappa shape index (κ3) is 4.33. The van der Waals surface area contributed by atoms with Gasteiger partial charge in [0.15, 0.2) is 0 Å². The first-order valence-electron chi connectivity index (χ1n) is 9.03. The van der Waals surface area contributed by atoms with Gasteiger partial charge in [-0.1, -0.05) is 12.1 Å². The average molecular weight is 358 g/mol. The monoisotopic (exact) mass is 358 g/mol. The summed E-state index contributed by atoms with van der Waals surface area (Å²) < 4.78 is 7.93. The normalized spacial score (nSPS) is 11.2. The Kier molecular flexibility index (Phi) is 5.12. The fraction of sp³-hybridized carbons (Fsp3) is 0.182. The molecule has 0 bridgehead atoms. The Hall–Kier alpha value is -3.18. The highest BCUT2D eigenvalue weighted by atomic mass is 16.3. The van der Waals surface area contributed by atoms with Crippen molar-refractivity contribution in [1.82, 2.24) is 19.4 Å². The Morgan fingerprint density at radius 3 is 2.41 bits per heavy atom. The van der Waals surface area contributed by atoms with Crippen LogP contribution in [-0.2, 0) is 19.6 Å². The van der Waals surface area contributed by atoms with E-state index in [2.05, 4.69) is 37.6 Å². The van der Waals surface area contributed by atoms with E-state index < -0.39 is 0 Å². The molecule has 0 aliphatic carbocycles. The van der Waals surface area contributed by atoms with Crippen molar-refractivity contribution in [3.05, 3.63) is 102 Å². The minimum atomic E-state index is 0.720. The molecule has 27 heavy (non-hydrogen) atoms. The quantitative estimate of drug-likeness (QED) is 0.492. The largest absolute Gasteiger partial charge is 0.465 e. The minimum absolute atomic E-state index is 0.720. The maximum absolute atomic E-state index is 5.80. The molecule has 5 nitrogen and oxygen atoms in total. The standard InChI is InChI=1S/C22H22N4O/c1-18-10-11-21(27-18)17-25(15-19-7-2-4-12-23-19)16-20-8-6-14-26(20)22-9-3-5-13-24-22/h2-14H,15-17H2,1H3. The van der Waals surface area contributed by atoms with E-state index in [1.165, 1.54) is 5.69 Å². The van der Waals surface area contributed by atoms with Crippen LogP contribution in [0.25, 0.3) is 5.82 Å². The summed E-state index contributed by atoms with van der Waals surface area (Å²) in [6.45, 7) is 4.20. The number of aromatic nitrogens is 3. The number of rotatable bonds is 7. The first kappa shape index (κ1) is 17.2. The maximum Gasteiger partial charge on any atom is 0.136 e. The summed E-state index contributed by atoms with van der Waals surface area (Å²) in [4.78, 5) is 11.3. The zero-order valence-corrected chi connectivity index (χ0v) is 15.3. The molecule has 0 aliphatic rings. The van der Waals surface area contributed by atoms with E-state index in [-0.39, 0.29) is 0 Å². The second kappa shape index (κ2) is 8.01. The Labute approximate surface area is 158 Å². The molecule has 4 aromatic rings. The van der Waals surface area contributed by atoms with Crippen LogP contribution >= 0.6 is 0 Å². The van der Waals surface area contributed by atoms with Crippen molar-refractivity contribution >= 4 is 0 Å². The number of hydrogen-bond acceptors (Lipinski definition) is 4. The predicted molar refractivity (Wildman–Crippen MR) is 104 cm³/mol. The van der Waals surface area contributed by atoms with Crippen LogP contribution < -0.4 is 0 Å². The van der Waals surface area contributed by atoms with Gasteiger partial charge in [-0.2, -0.15) is 0 Å². The second-order valence-corrected chi connectivity index (χ2v) is 6.54. The first-order chi connectivity index (χ1) is 13.3. The summed E-state index contributed by atoms with van der Waals surface area (Å²) in [5, 5.41) is 0. The summed E-state index contributed by atoms with van der Waals surface area (Å²) in [7, 11) is 0. The topological polar surface area (TPSA) is 47.1 Å². The van der Waals surface area contributed by atoms with E-state index in [1.807, 2.05) is 68.0 Å². The fourth-order valence-corrected chi connectivity index (χ4v) is 3.17. The van der Waals surface area contributed by atoms with Gasteiger partial charge in [-0.15, -0.1) is 0 Å². The van der Waals surface area contributed by atoms with Crippen LogP contribution in [0.15, 0.2) is 83.7 Å². The number of pyridine rings is 2. The molecular weight excluding hydrogens is 336 g/mol. The lowest BCUT2D eigenvalue weighted by Gasteiger charge is -2.22. The Morgan fingerprint density at radius 2 is 1.70 bits per heavy atom. The molecule has 136 valence electrons. The van der Waals surface area contributed by atoms with Crippen LogP contribution in [0.3, 0.4) is 0 Å². The maximum atomic E-state index is 5.80. The van der Waals surface area contributed by atoms with Crippen LogP contribution in [0, 0.1) is 6.92 Å². The van der Waals surface area contributed by atoms with Crippen molar-refractivity contribution in [3.8, 4) is 5.82 Å². The zero-order chi connectivity index (χ0) is 18.5. The first-order valence-corrected chi connectivity index (χ1v) is 9.03. The third-order valence-corrected chi connectivity index (χ3v) is 4.40. The molecule has 0 unspecified atom stereocenters. The summed E-state index contributed by atoms with van der Waals surface area (Å²) in [6, 6.07) is 20.2. The highest BCUT2D eigenvalue weighted by Gasteiger charge is 2.14. The number of hydrogen-bond donors (Lipinski definition) is 0. The predicted octanol–water partition coefficient (Wildman–Crippen LogP) is 4.37. The molecule has 0 amide bonds. The second-order valence-electron chi connectivity index (χ2n) is 6.54. The van der Waals surface area contributed by atoms with Crippen molar-refractivity contribution < 1.29 is 4.42 Å². The summed E-state index contributed by atoms with van der Waals surface area (Å²) in [5.74, 6) is 2.81. The smallest absolute Gasteiger partial charge is 0.136 e. The summed E-state index contributed by atoms with van der Waals surface area (Å²) >= 11 is 0. The third-order valence-electron chi connectivity index (χ3n) is 4.40. The molecule has 4 heterocycles. The molecule has 4 rings (SSSR count). The van der Waals surface area contributed by atoms with Gasteiger partial charge in [0.25, 0.3) is 0 Å². The Morgan fingerprint density at radius 1 is 0.852 bits per heavy atom. The molecule has 5 heteroatoms. The molecule has 0 aliphatic heterocycles. The lowest BCUT2D eigenvalue weighted by atomic mass is 10.3. The highest BCUT2D eigenvalue weighted by molar-refractivity contribution is 5.27. The minimum Gasteiger partial charge on any atom is -0.465 e.